The Balaban J connectivity index is 1.77. The second-order valence-electron chi connectivity index (χ2n) is 4.76. The summed E-state index contributed by atoms with van der Waals surface area (Å²) in [5, 5.41) is 12.8. The maximum absolute atomic E-state index is 9.42. The van der Waals surface area contributed by atoms with Crippen LogP contribution < -0.4 is 5.32 Å². The first-order valence-corrected chi connectivity index (χ1v) is 6.80. The lowest BCUT2D eigenvalue weighted by Crippen LogP contribution is -2.35. The lowest BCUT2D eigenvalue weighted by molar-refractivity contribution is 0.242. The summed E-state index contributed by atoms with van der Waals surface area (Å²) in [5.41, 5.74) is 2.58. The van der Waals surface area contributed by atoms with Gasteiger partial charge >= 0.3 is 0 Å². The molecule has 0 saturated carbocycles. The molecule has 0 aromatic heterocycles. The van der Waals surface area contributed by atoms with Crippen molar-refractivity contribution in [3.8, 4) is 0 Å². The van der Waals surface area contributed by atoms with E-state index in [4.69, 9.17) is 0 Å². The van der Waals surface area contributed by atoms with Gasteiger partial charge in [0.2, 0.25) is 0 Å². The number of aliphatic hydroxyl groups excluding tert-OH is 1. The fourth-order valence-electron chi connectivity index (χ4n) is 2.17. The molecule has 19 heavy (non-hydrogen) atoms. The van der Waals surface area contributed by atoms with Crippen LogP contribution in [0.15, 0.2) is 60.7 Å². The maximum atomic E-state index is 9.42. The Bertz CT molecular complexity index is 455. The van der Waals surface area contributed by atoms with Gasteiger partial charge in [-0.15, -0.1) is 0 Å². The summed E-state index contributed by atoms with van der Waals surface area (Å²) >= 11 is 0. The van der Waals surface area contributed by atoms with E-state index < -0.39 is 0 Å². The third-order valence-electron chi connectivity index (χ3n) is 3.23. The molecule has 1 atom stereocenters. The first kappa shape index (κ1) is 13.8. The van der Waals surface area contributed by atoms with E-state index in [-0.39, 0.29) is 12.6 Å². The van der Waals surface area contributed by atoms with Crippen LogP contribution in [-0.2, 0) is 12.8 Å². The molecular formula is C17H21NO. The van der Waals surface area contributed by atoms with Crippen LogP contribution >= 0.6 is 0 Å². The number of benzene rings is 2. The molecule has 0 aliphatic rings. The van der Waals surface area contributed by atoms with E-state index in [2.05, 4.69) is 41.7 Å². The number of hydrogen-bond acceptors (Lipinski definition) is 2. The smallest absolute Gasteiger partial charge is 0.0587 e. The van der Waals surface area contributed by atoms with E-state index in [9.17, 15) is 5.11 Å². The van der Waals surface area contributed by atoms with E-state index in [0.717, 1.165) is 19.4 Å². The van der Waals surface area contributed by atoms with E-state index in [1.54, 1.807) is 0 Å². The molecule has 2 N–H and O–H groups in total. The molecule has 0 amide bonds. The van der Waals surface area contributed by atoms with Gasteiger partial charge in [0.1, 0.15) is 0 Å². The zero-order valence-electron chi connectivity index (χ0n) is 11.1. The standard InChI is InChI=1S/C17H21NO/c19-14-17(13-16-9-5-2-6-10-16)18-12-11-15-7-3-1-4-8-15/h1-10,17-19H,11-14H2/t17-/m0/s1. The third-order valence-corrected chi connectivity index (χ3v) is 3.23. The monoisotopic (exact) mass is 255 g/mol. The molecule has 2 heteroatoms. The predicted octanol–water partition coefficient (Wildman–Crippen LogP) is 2.42. The molecule has 2 rings (SSSR count). The van der Waals surface area contributed by atoms with Crippen molar-refractivity contribution >= 4 is 0 Å². The van der Waals surface area contributed by atoms with E-state index in [0.29, 0.717) is 0 Å². The van der Waals surface area contributed by atoms with E-state index in [1.807, 2.05) is 24.3 Å². The van der Waals surface area contributed by atoms with Crippen molar-refractivity contribution in [2.24, 2.45) is 0 Å². The minimum atomic E-state index is 0.131. The fraction of sp³-hybridized carbons (Fsp3) is 0.294. The van der Waals surface area contributed by atoms with Crippen molar-refractivity contribution in [3.05, 3.63) is 71.8 Å². The number of nitrogens with one attached hydrogen (secondary N) is 1. The molecule has 0 fully saturated rings. The van der Waals surface area contributed by atoms with Gasteiger partial charge in [-0.3, -0.25) is 0 Å². The summed E-state index contributed by atoms with van der Waals surface area (Å²) in [7, 11) is 0. The highest BCUT2D eigenvalue weighted by Crippen LogP contribution is 2.03. The Morgan fingerprint density at radius 3 is 2.00 bits per heavy atom. The molecule has 0 spiro atoms. The largest absolute Gasteiger partial charge is 0.395 e. The van der Waals surface area contributed by atoms with E-state index >= 15 is 0 Å². The molecule has 0 aliphatic carbocycles. The van der Waals surface area contributed by atoms with Gasteiger partial charge < -0.3 is 10.4 Å². The van der Waals surface area contributed by atoms with Crippen molar-refractivity contribution < 1.29 is 5.11 Å². The number of hydrogen-bond donors (Lipinski definition) is 2. The number of rotatable bonds is 7. The van der Waals surface area contributed by atoms with Gasteiger partial charge in [-0.05, 0) is 30.5 Å². The molecule has 0 unspecified atom stereocenters. The summed E-state index contributed by atoms with van der Waals surface area (Å²) in [4.78, 5) is 0. The Kier molecular flexibility index (Phi) is 5.60. The zero-order chi connectivity index (χ0) is 13.3. The van der Waals surface area contributed by atoms with Gasteiger partial charge in [-0.25, -0.2) is 0 Å². The first-order chi connectivity index (χ1) is 9.38. The molecule has 2 aromatic carbocycles. The summed E-state index contributed by atoms with van der Waals surface area (Å²) in [6.45, 7) is 1.06. The Morgan fingerprint density at radius 1 is 0.842 bits per heavy atom. The fourth-order valence-corrected chi connectivity index (χ4v) is 2.17. The number of aliphatic hydroxyl groups is 1. The zero-order valence-corrected chi connectivity index (χ0v) is 11.1. The molecule has 2 aromatic rings. The van der Waals surface area contributed by atoms with Crippen LogP contribution in [0.4, 0.5) is 0 Å². The third kappa shape index (κ3) is 4.86. The van der Waals surface area contributed by atoms with Crippen molar-refractivity contribution in [1.82, 2.24) is 5.32 Å². The highest BCUT2D eigenvalue weighted by atomic mass is 16.3. The molecule has 0 aliphatic heterocycles. The average molecular weight is 255 g/mol. The maximum Gasteiger partial charge on any atom is 0.0587 e. The van der Waals surface area contributed by atoms with Crippen LogP contribution in [0.5, 0.6) is 0 Å². The van der Waals surface area contributed by atoms with Crippen LogP contribution in [-0.4, -0.2) is 24.3 Å². The highest BCUT2D eigenvalue weighted by molar-refractivity contribution is 5.16. The molecule has 100 valence electrons. The van der Waals surface area contributed by atoms with Crippen molar-refractivity contribution in [2.45, 2.75) is 18.9 Å². The van der Waals surface area contributed by atoms with Crippen LogP contribution in [0.2, 0.25) is 0 Å². The van der Waals surface area contributed by atoms with Crippen LogP contribution in [0, 0.1) is 0 Å². The van der Waals surface area contributed by atoms with Crippen LogP contribution in [0.25, 0.3) is 0 Å². The van der Waals surface area contributed by atoms with Crippen molar-refractivity contribution in [1.29, 1.82) is 0 Å². The highest BCUT2D eigenvalue weighted by Gasteiger charge is 2.07. The predicted molar refractivity (Wildman–Crippen MR) is 79.2 cm³/mol. The first-order valence-electron chi connectivity index (χ1n) is 6.80. The molecule has 0 saturated heterocycles. The van der Waals surface area contributed by atoms with Crippen LogP contribution in [0.3, 0.4) is 0 Å². The van der Waals surface area contributed by atoms with Gasteiger partial charge in [0, 0.05) is 6.04 Å². The summed E-state index contributed by atoms with van der Waals surface area (Å²) in [5.74, 6) is 0. The normalized spacial score (nSPS) is 12.3. The van der Waals surface area contributed by atoms with Gasteiger partial charge in [0.05, 0.1) is 6.61 Å². The molecule has 0 radical (unpaired) electrons. The van der Waals surface area contributed by atoms with Gasteiger partial charge in [0.25, 0.3) is 0 Å². The second-order valence-corrected chi connectivity index (χ2v) is 4.76. The van der Waals surface area contributed by atoms with Gasteiger partial charge in [-0.2, -0.15) is 0 Å². The molecular weight excluding hydrogens is 234 g/mol. The average Bonchev–Trinajstić information content (AvgIpc) is 2.48. The molecule has 0 bridgehead atoms. The lowest BCUT2D eigenvalue weighted by atomic mass is 10.1. The quantitative estimate of drug-likeness (QED) is 0.796. The minimum absolute atomic E-state index is 0.131. The lowest BCUT2D eigenvalue weighted by Gasteiger charge is -2.16. The Morgan fingerprint density at radius 2 is 1.42 bits per heavy atom. The summed E-state index contributed by atoms with van der Waals surface area (Å²) in [6.07, 6.45) is 1.86. The summed E-state index contributed by atoms with van der Waals surface area (Å²) in [6, 6.07) is 20.8. The summed E-state index contributed by atoms with van der Waals surface area (Å²) < 4.78 is 0. The van der Waals surface area contributed by atoms with Crippen molar-refractivity contribution in [3.63, 3.8) is 0 Å². The topological polar surface area (TPSA) is 32.3 Å². The minimum Gasteiger partial charge on any atom is -0.395 e. The van der Waals surface area contributed by atoms with Gasteiger partial charge in [-0.1, -0.05) is 60.7 Å². The SMILES string of the molecule is OC[C@H](Cc1ccccc1)NCCc1ccccc1. The molecule has 2 nitrogen and oxygen atoms in total. The van der Waals surface area contributed by atoms with Crippen LogP contribution in [0.1, 0.15) is 11.1 Å². The Hall–Kier alpha value is -1.64. The molecule has 0 heterocycles. The van der Waals surface area contributed by atoms with Crippen molar-refractivity contribution in [2.75, 3.05) is 13.2 Å². The van der Waals surface area contributed by atoms with E-state index in [1.165, 1.54) is 11.1 Å². The van der Waals surface area contributed by atoms with Gasteiger partial charge in [0.15, 0.2) is 0 Å². The Labute approximate surface area is 115 Å². The second kappa shape index (κ2) is 7.72.